The van der Waals surface area contributed by atoms with Crippen LogP contribution >= 0.6 is 0 Å². The molecule has 0 spiro atoms. The predicted octanol–water partition coefficient (Wildman–Crippen LogP) is 1.92. The quantitative estimate of drug-likeness (QED) is 0.779. The van der Waals surface area contributed by atoms with E-state index in [1.165, 1.54) is 0 Å². The van der Waals surface area contributed by atoms with E-state index in [1.54, 1.807) is 6.07 Å². The van der Waals surface area contributed by atoms with Gasteiger partial charge in [-0.15, -0.1) is 0 Å². The summed E-state index contributed by atoms with van der Waals surface area (Å²) < 4.78 is 7.76. The van der Waals surface area contributed by atoms with Gasteiger partial charge in [0.1, 0.15) is 24.3 Å². The summed E-state index contributed by atoms with van der Waals surface area (Å²) in [5.74, 6) is 1.34. The fourth-order valence-corrected chi connectivity index (χ4v) is 3.33. The number of benzene rings is 1. The third kappa shape index (κ3) is 3.13. The summed E-state index contributed by atoms with van der Waals surface area (Å²) in [5.41, 5.74) is 8.40. The normalized spacial score (nSPS) is 17.6. The molecular weight excluding hydrogens is 330 g/mol. The molecular formula is C19H21N5O2. The molecule has 1 aliphatic rings. The molecule has 0 unspecified atom stereocenters. The van der Waals surface area contributed by atoms with Crippen molar-refractivity contribution in [1.29, 1.82) is 0 Å². The molecule has 4 rings (SSSR count). The van der Waals surface area contributed by atoms with E-state index in [9.17, 15) is 4.79 Å². The molecule has 0 saturated carbocycles. The summed E-state index contributed by atoms with van der Waals surface area (Å²) in [4.78, 5) is 23.6. The summed E-state index contributed by atoms with van der Waals surface area (Å²) in [6, 6.07) is 13.3. The molecule has 3 aromatic rings. The molecule has 26 heavy (non-hydrogen) atoms. The summed E-state index contributed by atoms with van der Waals surface area (Å²) in [6.07, 6.45) is -0.253. The van der Waals surface area contributed by atoms with Crippen LogP contribution in [0.3, 0.4) is 0 Å². The first-order valence-electron chi connectivity index (χ1n) is 8.65. The lowest BCUT2D eigenvalue weighted by molar-refractivity contribution is -0.139. The van der Waals surface area contributed by atoms with Crippen molar-refractivity contribution in [3.05, 3.63) is 54.0 Å². The topological polar surface area (TPSA) is 86.3 Å². The first-order valence-corrected chi connectivity index (χ1v) is 8.65. The molecule has 7 heteroatoms. The Labute approximate surface area is 151 Å². The highest BCUT2D eigenvalue weighted by Gasteiger charge is 2.27. The van der Waals surface area contributed by atoms with Crippen LogP contribution in [-0.4, -0.2) is 45.0 Å². The first-order chi connectivity index (χ1) is 12.6. The number of pyridine rings is 1. The number of carbonyl (C=O) groups excluding carboxylic acids is 1. The lowest BCUT2D eigenvalue weighted by Gasteiger charge is -2.33. The number of morpholine rings is 1. The fourth-order valence-electron chi connectivity index (χ4n) is 3.33. The number of aryl methyl sites for hydroxylation is 1. The maximum atomic E-state index is 12.9. The van der Waals surface area contributed by atoms with Crippen molar-refractivity contribution in [2.45, 2.75) is 19.6 Å². The number of fused-ring (bicyclic) bond motifs is 1. The van der Waals surface area contributed by atoms with Gasteiger partial charge in [0.15, 0.2) is 0 Å². The Balaban J connectivity index is 1.51. The van der Waals surface area contributed by atoms with Gasteiger partial charge in [0.25, 0.3) is 0 Å². The predicted molar refractivity (Wildman–Crippen MR) is 98.4 cm³/mol. The largest absolute Gasteiger partial charge is 0.384 e. The van der Waals surface area contributed by atoms with Crippen LogP contribution in [0.25, 0.3) is 11.0 Å². The number of nitrogen functional groups attached to an aromatic ring is 1. The van der Waals surface area contributed by atoms with Gasteiger partial charge in [-0.25, -0.2) is 9.97 Å². The van der Waals surface area contributed by atoms with Crippen molar-refractivity contribution in [3.8, 4) is 0 Å². The van der Waals surface area contributed by atoms with E-state index in [-0.39, 0.29) is 18.6 Å². The van der Waals surface area contributed by atoms with Gasteiger partial charge < -0.3 is 19.9 Å². The van der Waals surface area contributed by atoms with Crippen LogP contribution in [0.5, 0.6) is 0 Å². The molecule has 1 saturated heterocycles. The minimum absolute atomic E-state index is 0.0495. The van der Waals surface area contributed by atoms with Crippen LogP contribution in [0.15, 0.2) is 42.5 Å². The van der Waals surface area contributed by atoms with Gasteiger partial charge >= 0.3 is 0 Å². The van der Waals surface area contributed by atoms with Crippen molar-refractivity contribution in [1.82, 2.24) is 19.4 Å². The fraction of sp³-hybridized carbons (Fsp3) is 0.316. The zero-order chi connectivity index (χ0) is 18.1. The molecule has 1 aromatic carbocycles. The zero-order valence-electron chi connectivity index (χ0n) is 14.6. The van der Waals surface area contributed by atoms with Gasteiger partial charge in [-0.2, -0.15) is 0 Å². The molecule has 1 amide bonds. The second-order valence-electron chi connectivity index (χ2n) is 6.42. The second kappa shape index (κ2) is 6.76. The van der Waals surface area contributed by atoms with E-state index in [0.717, 1.165) is 22.6 Å². The van der Waals surface area contributed by atoms with Gasteiger partial charge in [-0.3, -0.25) is 4.79 Å². The van der Waals surface area contributed by atoms with E-state index in [1.807, 2.05) is 52.8 Å². The van der Waals surface area contributed by atoms with Crippen molar-refractivity contribution in [3.63, 3.8) is 0 Å². The Morgan fingerprint density at radius 3 is 2.92 bits per heavy atom. The Morgan fingerprint density at radius 2 is 2.08 bits per heavy atom. The molecule has 0 bridgehead atoms. The second-order valence-corrected chi connectivity index (χ2v) is 6.42. The van der Waals surface area contributed by atoms with E-state index in [4.69, 9.17) is 10.5 Å². The van der Waals surface area contributed by atoms with E-state index >= 15 is 0 Å². The monoisotopic (exact) mass is 351 g/mol. The van der Waals surface area contributed by atoms with Crippen molar-refractivity contribution in [2.24, 2.45) is 0 Å². The number of amides is 1. The number of nitrogens with two attached hydrogens (primary N) is 1. The maximum absolute atomic E-state index is 12.9. The number of nitrogens with zero attached hydrogens (tertiary/aromatic N) is 4. The van der Waals surface area contributed by atoms with Crippen LogP contribution in [-0.2, 0) is 16.1 Å². The van der Waals surface area contributed by atoms with Crippen molar-refractivity contribution < 1.29 is 9.53 Å². The van der Waals surface area contributed by atoms with Crippen molar-refractivity contribution in [2.75, 3.05) is 25.4 Å². The average molecular weight is 351 g/mol. The van der Waals surface area contributed by atoms with Crippen LogP contribution < -0.4 is 5.73 Å². The van der Waals surface area contributed by atoms with Crippen LogP contribution in [0.2, 0.25) is 0 Å². The maximum Gasteiger partial charge on any atom is 0.242 e. The minimum atomic E-state index is -0.253. The molecule has 1 aliphatic heterocycles. The smallest absolute Gasteiger partial charge is 0.242 e. The van der Waals surface area contributed by atoms with Gasteiger partial charge in [0.05, 0.1) is 29.9 Å². The van der Waals surface area contributed by atoms with Gasteiger partial charge in [-0.1, -0.05) is 18.2 Å². The number of anilines is 1. The van der Waals surface area contributed by atoms with Gasteiger partial charge in [0, 0.05) is 6.54 Å². The van der Waals surface area contributed by atoms with E-state index in [2.05, 4.69) is 9.97 Å². The van der Waals surface area contributed by atoms with Crippen molar-refractivity contribution >= 4 is 22.8 Å². The first kappa shape index (κ1) is 16.5. The lowest BCUT2D eigenvalue weighted by Crippen LogP contribution is -2.44. The highest BCUT2D eigenvalue weighted by atomic mass is 16.5. The number of aromatic nitrogens is 3. The number of hydrogen-bond donors (Lipinski definition) is 1. The molecule has 134 valence electrons. The third-order valence-corrected chi connectivity index (χ3v) is 4.68. The van der Waals surface area contributed by atoms with Crippen LogP contribution in [0.1, 0.15) is 17.6 Å². The summed E-state index contributed by atoms with van der Waals surface area (Å²) in [7, 11) is 0. The Kier molecular flexibility index (Phi) is 4.30. The number of hydrogen-bond acceptors (Lipinski definition) is 5. The average Bonchev–Trinajstić information content (AvgIpc) is 2.97. The number of imidazole rings is 1. The summed E-state index contributed by atoms with van der Waals surface area (Å²) in [6.45, 7) is 3.72. The minimum Gasteiger partial charge on any atom is -0.384 e. The Hall–Kier alpha value is -2.93. The number of para-hydroxylation sites is 2. The third-order valence-electron chi connectivity index (χ3n) is 4.68. The molecule has 2 N–H and O–H groups in total. The van der Waals surface area contributed by atoms with E-state index in [0.29, 0.717) is 25.5 Å². The molecule has 1 fully saturated rings. The standard InChI is InChI=1S/C19H21N5O2/c1-13-21-14-5-2-3-7-16(14)24(13)12-19(25)23-9-10-26-17(11-23)15-6-4-8-18(20)22-15/h2-8,17H,9-12H2,1H3,(H2,20,22)/t17-/m1/s1. The zero-order valence-corrected chi connectivity index (χ0v) is 14.6. The molecule has 7 nitrogen and oxygen atoms in total. The SMILES string of the molecule is Cc1nc2ccccc2n1CC(=O)N1CCO[C@@H](c2cccc(N)n2)C1. The molecule has 1 atom stereocenters. The Bertz CT molecular complexity index is 952. The molecule has 2 aromatic heterocycles. The van der Waals surface area contributed by atoms with Crippen LogP contribution in [0.4, 0.5) is 5.82 Å². The lowest BCUT2D eigenvalue weighted by atomic mass is 10.2. The van der Waals surface area contributed by atoms with E-state index < -0.39 is 0 Å². The summed E-state index contributed by atoms with van der Waals surface area (Å²) >= 11 is 0. The number of rotatable bonds is 3. The molecule has 3 heterocycles. The van der Waals surface area contributed by atoms with Crippen LogP contribution in [0, 0.1) is 6.92 Å². The number of ether oxygens (including phenoxy) is 1. The number of carbonyl (C=O) groups is 1. The van der Waals surface area contributed by atoms with Gasteiger partial charge in [-0.05, 0) is 31.2 Å². The highest BCUT2D eigenvalue weighted by Crippen LogP contribution is 2.22. The Morgan fingerprint density at radius 1 is 1.23 bits per heavy atom. The molecule has 0 aliphatic carbocycles. The molecule has 0 radical (unpaired) electrons. The van der Waals surface area contributed by atoms with Gasteiger partial charge in [0.2, 0.25) is 5.91 Å². The summed E-state index contributed by atoms with van der Waals surface area (Å²) in [5, 5.41) is 0. The highest BCUT2D eigenvalue weighted by molar-refractivity contribution is 5.81.